The molecule has 6 heteroatoms. The van der Waals surface area contributed by atoms with E-state index in [4.69, 9.17) is 5.14 Å². The van der Waals surface area contributed by atoms with Crippen molar-refractivity contribution in [1.82, 2.24) is 0 Å². The van der Waals surface area contributed by atoms with Gasteiger partial charge in [-0.2, -0.15) is 0 Å². The molecule has 0 aromatic rings. The summed E-state index contributed by atoms with van der Waals surface area (Å²) in [6.45, 7) is 2.95. The van der Waals surface area contributed by atoms with Gasteiger partial charge in [-0.1, -0.05) is 13.8 Å². The van der Waals surface area contributed by atoms with Crippen molar-refractivity contribution in [3.63, 3.8) is 0 Å². The molecular weight excluding hydrogens is 567 g/mol. The second-order valence-electron chi connectivity index (χ2n) is 1.59. The average molecular weight is 575 g/mol. The molecule has 0 spiro atoms. The van der Waals surface area contributed by atoms with E-state index in [1.165, 1.54) is 13.8 Å². The van der Waals surface area contributed by atoms with Gasteiger partial charge in [0.05, 0.1) is 10.0 Å². The van der Waals surface area contributed by atoms with E-state index in [0.717, 1.165) is 0 Å². The summed E-state index contributed by atoms with van der Waals surface area (Å²) >= 11 is 0. The minimum Gasteiger partial charge on any atom is -0.564 e. The molecule has 1 radical (unpaired) electrons. The quantitative estimate of drug-likeness (QED) is 0.465. The molecule has 53 valence electrons. The third-order valence-corrected chi connectivity index (χ3v) is 1.86. The van der Waals surface area contributed by atoms with Crippen LogP contribution in [0.3, 0.4) is 0 Å². The van der Waals surface area contributed by atoms with Gasteiger partial charge in [0.25, 0.3) is 0 Å². The first-order valence-corrected chi connectivity index (χ1v) is 3.47. The summed E-state index contributed by atoms with van der Waals surface area (Å²) in [6, 6.07) is 0. The molecule has 0 bridgehead atoms. The zero-order valence-corrected chi connectivity index (χ0v) is 15.3. The second kappa shape index (κ2) is 4.45. The molecule has 0 rings (SSSR count). The van der Waals surface area contributed by atoms with Crippen molar-refractivity contribution in [3.05, 3.63) is 5.14 Å². The van der Waals surface area contributed by atoms with Gasteiger partial charge in [0.1, 0.15) is 0 Å². The van der Waals surface area contributed by atoms with Gasteiger partial charge in [0.15, 0.2) is 0 Å². The first-order valence-electron chi connectivity index (χ1n) is 1.93. The van der Waals surface area contributed by atoms with Crippen LogP contribution in [-0.2, 0) is 30.4 Å². The third kappa shape index (κ3) is 7.57. The van der Waals surface area contributed by atoms with E-state index in [9.17, 15) is 8.42 Å². The van der Waals surface area contributed by atoms with E-state index in [1.807, 2.05) is 0 Å². The van der Waals surface area contributed by atoms with Crippen molar-refractivity contribution < 1.29 is 28.8 Å². The molecule has 0 aromatic carbocycles. The summed E-state index contributed by atoms with van der Waals surface area (Å²) in [7, 11) is -3.49. The Hall–Kier alpha value is -0.428. The van der Waals surface area contributed by atoms with Gasteiger partial charge in [-0.3, -0.25) is 0 Å². The van der Waals surface area contributed by atoms with Crippen LogP contribution in [0.25, 0.3) is 5.14 Å². The number of sulfonamides is 1. The molecule has 0 amide bonds. The summed E-state index contributed by atoms with van der Waals surface area (Å²) in [5.41, 5.74) is 0. The Balaban J connectivity index is -0.000000180. The first-order chi connectivity index (χ1) is 2.94. The van der Waals surface area contributed by atoms with E-state index in [2.05, 4.69) is 0 Å². The molecule has 1 N–H and O–H groups in total. The van der Waals surface area contributed by atoms with E-state index in [-0.39, 0.29) is 20.4 Å². The van der Waals surface area contributed by atoms with Gasteiger partial charge >= 0.3 is 0 Å². The SMILES string of the molecule is CC(C)S([NH-])(=O)=O.[Re].[Rf]. The van der Waals surface area contributed by atoms with E-state index in [0.29, 0.717) is 0 Å². The molecule has 0 heterocycles. The minimum absolute atomic E-state index is 0. The van der Waals surface area contributed by atoms with Crippen LogP contribution in [0.15, 0.2) is 0 Å². The number of rotatable bonds is 1. The van der Waals surface area contributed by atoms with Gasteiger partial charge in [-0.25, -0.2) is 8.42 Å². The molecule has 9 heavy (non-hydrogen) atoms. The molecule has 0 saturated carbocycles. The standard InChI is InChI=1S/C3H8NO2S.Re.Rf/c1-3(2)7(4,5)6;;/h3H,1-2H3,(H-,4,5,6);;/q-1;;. The molecule has 0 aromatic heterocycles. The van der Waals surface area contributed by atoms with E-state index in [1.54, 1.807) is 0 Å². The molecule has 0 aliphatic carbocycles. The van der Waals surface area contributed by atoms with Crippen LogP contribution in [0.5, 0.6) is 0 Å². The first kappa shape index (κ1) is 15.8. The van der Waals surface area contributed by atoms with Crippen LogP contribution in [0.4, 0.5) is 0 Å². The van der Waals surface area contributed by atoms with Crippen molar-refractivity contribution in [2.75, 3.05) is 0 Å². The number of hydrogen-bond acceptors (Lipinski definition) is 2. The Labute approximate surface area is 63.3 Å². The van der Waals surface area contributed by atoms with Crippen LogP contribution >= 0.6 is 0 Å². The largest absolute Gasteiger partial charge is 0.564 e. The number of nitrogens with one attached hydrogen (secondary N) is 1. The van der Waals surface area contributed by atoms with Crippen LogP contribution in [0, 0.1) is 0 Å². The summed E-state index contributed by atoms with van der Waals surface area (Å²) in [6.07, 6.45) is 0. The maximum Gasteiger partial charge on any atom is 0.0723 e. The third-order valence-electron chi connectivity index (χ3n) is 0.621. The van der Waals surface area contributed by atoms with Gasteiger partial charge < -0.3 is 5.14 Å². The van der Waals surface area contributed by atoms with Crippen molar-refractivity contribution in [2.45, 2.75) is 19.1 Å². The zero-order valence-electron chi connectivity index (χ0n) is 5.39. The topological polar surface area (TPSA) is 57.9 Å². The van der Waals surface area contributed by atoms with Gasteiger partial charge in [0.2, 0.25) is 0 Å². The fourth-order valence-electron chi connectivity index (χ4n) is 0. The van der Waals surface area contributed by atoms with Crippen molar-refractivity contribution in [3.8, 4) is 0 Å². The molecule has 0 unspecified atom stereocenters. The fourth-order valence-corrected chi connectivity index (χ4v) is 0. The molecular formula is C3H8NO2ReRfS-. The van der Waals surface area contributed by atoms with Crippen LogP contribution < -0.4 is 0 Å². The molecule has 0 aliphatic heterocycles. The minimum atomic E-state index is -3.49. The summed E-state index contributed by atoms with van der Waals surface area (Å²) in [5.74, 6) is 0. The van der Waals surface area contributed by atoms with E-state index < -0.39 is 15.3 Å². The fraction of sp³-hybridized carbons (Fsp3) is 1.00. The van der Waals surface area contributed by atoms with Crippen LogP contribution in [-0.4, -0.2) is 13.7 Å². The number of hydrogen-bond donors (Lipinski definition) is 0. The smallest absolute Gasteiger partial charge is 0.0723 e. The Morgan fingerprint density at radius 1 is 1.33 bits per heavy atom. The Morgan fingerprint density at radius 2 is 1.44 bits per heavy atom. The maximum absolute atomic E-state index is 10.00. The van der Waals surface area contributed by atoms with Crippen molar-refractivity contribution >= 4 is 10.0 Å². The summed E-state index contributed by atoms with van der Waals surface area (Å²) in [4.78, 5) is 0. The predicted octanol–water partition coefficient (Wildman–Crippen LogP) is 0.774. The van der Waals surface area contributed by atoms with Gasteiger partial charge in [-0.05, 0) is 0 Å². The van der Waals surface area contributed by atoms with Crippen molar-refractivity contribution in [2.24, 2.45) is 0 Å². The average Bonchev–Trinajstić information content (AvgIpc) is 1.31. The zero-order chi connectivity index (χ0) is 6.08. The molecule has 0 fully saturated rings. The maximum atomic E-state index is 10.00. The second-order valence-corrected chi connectivity index (χ2v) is 3.63. The van der Waals surface area contributed by atoms with E-state index >= 15 is 0 Å². The van der Waals surface area contributed by atoms with Gasteiger partial charge in [-0.15, -0.1) is 0 Å². The molecule has 3 nitrogen and oxygen atoms in total. The monoisotopic (exact) mass is 576 g/mol. The predicted molar refractivity (Wildman–Crippen MR) is 28.4 cm³/mol. The Bertz CT molecular complexity index is 144. The Kier molecular flexibility index (Phi) is 7.83. The Morgan fingerprint density at radius 3 is 1.44 bits per heavy atom. The van der Waals surface area contributed by atoms with Crippen LogP contribution in [0.2, 0.25) is 0 Å². The normalized spacial score (nSPS) is 9.78. The van der Waals surface area contributed by atoms with Crippen LogP contribution in [0.1, 0.15) is 13.8 Å². The summed E-state index contributed by atoms with van der Waals surface area (Å²) < 4.78 is 20.0. The van der Waals surface area contributed by atoms with Gasteiger partial charge in [0, 0.05) is 25.7 Å². The molecule has 0 saturated heterocycles. The molecule has 0 aliphatic rings. The summed E-state index contributed by atoms with van der Waals surface area (Å²) in [5, 5.41) is 5.80. The van der Waals surface area contributed by atoms with Crippen molar-refractivity contribution in [1.29, 1.82) is 0 Å². The molecule has 0 atom stereocenters.